The number of halogens is 1. The van der Waals surface area contributed by atoms with E-state index in [1.807, 2.05) is 4.90 Å². The maximum Gasteiger partial charge on any atom is 0.254 e. The normalized spacial score (nSPS) is 20.1. The van der Waals surface area contributed by atoms with Gasteiger partial charge in [-0.2, -0.15) is 0 Å². The van der Waals surface area contributed by atoms with Crippen molar-refractivity contribution in [3.8, 4) is 0 Å². The smallest absolute Gasteiger partial charge is 0.254 e. The Morgan fingerprint density at radius 3 is 2.46 bits per heavy atom. The van der Waals surface area contributed by atoms with Gasteiger partial charge < -0.3 is 15.1 Å². The average molecular weight is 361 g/mol. The van der Waals surface area contributed by atoms with Crippen molar-refractivity contribution in [3.05, 3.63) is 35.6 Å². The SMILES string of the molecule is CC(CC(=O)N1CCN(C(=O)c2cccc(F)c2)CC1)C1CCNCC1. The lowest BCUT2D eigenvalue weighted by Crippen LogP contribution is -2.51. The summed E-state index contributed by atoms with van der Waals surface area (Å²) in [6.07, 6.45) is 2.87. The number of rotatable bonds is 4. The summed E-state index contributed by atoms with van der Waals surface area (Å²) in [4.78, 5) is 28.6. The summed E-state index contributed by atoms with van der Waals surface area (Å²) < 4.78 is 13.3. The maximum atomic E-state index is 13.3. The Bertz CT molecular complexity index is 638. The van der Waals surface area contributed by atoms with Crippen LogP contribution in [0.1, 0.15) is 36.5 Å². The zero-order valence-corrected chi connectivity index (χ0v) is 15.4. The molecule has 5 nitrogen and oxygen atoms in total. The molecule has 3 rings (SSSR count). The van der Waals surface area contributed by atoms with E-state index >= 15 is 0 Å². The molecule has 2 aliphatic heterocycles. The van der Waals surface area contributed by atoms with Crippen LogP contribution in [-0.4, -0.2) is 60.9 Å². The van der Waals surface area contributed by atoms with E-state index < -0.39 is 5.82 Å². The Hall–Kier alpha value is -1.95. The fraction of sp³-hybridized carbons (Fsp3) is 0.600. The molecule has 0 aromatic heterocycles. The second-order valence-corrected chi connectivity index (χ2v) is 7.45. The molecule has 0 bridgehead atoms. The minimum absolute atomic E-state index is 0.167. The summed E-state index contributed by atoms with van der Waals surface area (Å²) in [6, 6.07) is 5.77. The predicted molar refractivity (Wildman–Crippen MR) is 98.3 cm³/mol. The average Bonchev–Trinajstić information content (AvgIpc) is 2.68. The molecule has 1 unspecified atom stereocenters. The topological polar surface area (TPSA) is 52.7 Å². The molecular formula is C20H28FN3O2. The second-order valence-electron chi connectivity index (χ2n) is 7.45. The van der Waals surface area contributed by atoms with Crippen LogP contribution in [-0.2, 0) is 4.79 Å². The van der Waals surface area contributed by atoms with Crippen molar-refractivity contribution in [1.29, 1.82) is 0 Å². The first-order valence-electron chi connectivity index (χ1n) is 9.58. The lowest BCUT2D eigenvalue weighted by molar-refractivity contribution is -0.134. The molecule has 1 N–H and O–H groups in total. The number of amides is 2. The highest BCUT2D eigenvalue weighted by atomic mass is 19.1. The molecule has 0 spiro atoms. The molecular weight excluding hydrogens is 333 g/mol. The number of nitrogens with zero attached hydrogens (tertiary/aromatic N) is 2. The minimum Gasteiger partial charge on any atom is -0.339 e. The number of piperidine rings is 1. The summed E-state index contributed by atoms with van der Waals surface area (Å²) >= 11 is 0. The van der Waals surface area contributed by atoms with Gasteiger partial charge in [0.05, 0.1) is 0 Å². The van der Waals surface area contributed by atoms with E-state index in [0.717, 1.165) is 25.9 Å². The molecule has 1 aromatic rings. The Balaban J connectivity index is 1.48. The van der Waals surface area contributed by atoms with Crippen molar-refractivity contribution in [1.82, 2.24) is 15.1 Å². The Kier molecular flexibility index (Phi) is 6.25. The van der Waals surface area contributed by atoms with Gasteiger partial charge in [-0.1, -0.05) is 13.0 Å². The maximum absolute atomic E-state index is 13.3. The molecule has 142 valence electrons. The Labute approximate surface area is 154 Å². The highest BCUT2D eigenvalue weighted by Crippen LogP contribution is 2.25. The van der Waals surface area contributed by atoms with Gasteiger partial charge in [0, 0.05) is 38.2 Å². The fourth-order valence-electron chi connectivity index (χ4n) is 3.95. The van der Waals surface area contributed by atoms with E-state index in [1.165, 1.54) is 12.1 Å². The van der Waals surface area contributed by atoms with Crippen molar-refractivity contribution >= 4 is 11.8 Å². The summed E-state index contributed by atoms with van der Waals surface area (Å²) in [7, 11) is 0. The highest BCUT2D eigenvalue weighted by molar-refractivity contribution is 5.94. The summed E-state index contributed by atoms with van der Waals surface area (Å²) in [6.45, 7) is 6.38. The molecule has 26 heavy (non-hydrogen) atoms. The van der Waals surface area contributed by atoms with Crippen LogP contribution in [0, 0.1) is 17.7 Å². The lowest BCUT2D eigenvalue weighted by Gasteiger charge is -2.36. The molecule has 2 heterocycles. The van der Waals surface area contributed by atoms with Crippen LogP contribution in [0.2, 0.25) is 0 Å². The number of hydrogen-bond donors (Lipinski definition) is 1. The van der Waals surface area contributed by atoms with Gasteiger partial charge >= 0.3 is 0 Å². The minimum atomic E-state index is -0.406. The number of carbonyl (C=O) groups is 2. The van der Waals surface area contributed by atoms with Crippen molar-refractivity contribution in [3.63, 3.8) is 0 Å². The number of carbonyl (C=O) groups excluding carboxylic acids is 2. The molecule has 2 saturated heterocycles. The monoisotopic (exact) mass is 361 g/mol. The second kappa shape index (κ2) is 8.62. The van der Waals surface area contributed by atoms with Crippen molar-refractivity contribution in [2.24, 2.45) is 11.8 Å². The number of nitrogens with one attached hydrogen (secondary N) is 1. The van der Waals surface area contributed by atoms with Crippen LogP contribution in [0.3, 0.4) is 0 Å². The number of piperazine rings is 1. The third-order valence-corrected chi connectivity index (χ3v) is 5.68. The van der Waals surface area contributed by atoms with E-state index in [-0.39, 0.29) is 11.8 Å². The first kappa shape index (κ1) is 18.8. The zero-order chi connectivity index (χ0) is 18.5. The Morgan fingerprint density at radius 1 is 1.15 bits per heavy atom. The first-order valence-corrected chi connectivity index (χ1v) is 9.58. The third kappa shape index (κ3) is 4.61. The lowest BCUT2D eigenvalue weighted by atomic mass is 9.84. The van der Waals surface area contributed by atoms with Crippen LogP contribution < -0.4 is 5.32 Å². The molecule has 2 fully saturated rings. The van der Waals surface area contributed by atoms with Gasteiger partial charge in [0.2, 0.25) is 5.91 Å². The predicted octanol–water partition coefficient (Wildman–Crippen LogP) is 2.14. The Morgan fingerprint density at radius 2 is 1.81 bits per heavy atom. The van der Waals surface area contributed by atoms with E-state index in [4.69, 9.17) is 0 Å². The standard InChI is InChI=1S/C20H28FN3O2/c1-15(16-5-7-22-8-6-16)13-19(25)23-9-11-24(12-10-23)20(26)17-3-2-4-18(21)14-17/h2-4,14-16,22H,5-13H2,1H3. The van der Waals surface area contributed by atoms with Crippen LogP contribution in [0.25, 0.3) is 0 Å². The number of hydrogen-bond acceptors (Lipinski definition) is 3. The van der Waals surface area contributed by atoms with Gasteiger partial charge in [-0.25, -0.2) is 4.39 Å². The van der Waals surface area contributed by atoms with Crippen LogP contribution in [0.15, 0.2) is 24.3 Å². The van der Waals surface area contributed by atoms with Crippen molar-refractivity contribution < 1.29 is 14.0 Å². The van der Waals surface area contributed by atoms with Gasteiger partial charge in [-0.3, -0.25) is 9.59 Å². The van der Waals surface area contributed by atoms with Crippen molar-refractivity contribution in [2.45, 2.75) is 26.2 Å². The van der Waals surface area contributed by atoms with E-state index in [0.29, 0.717) is 50.0 Å². The van der Waals surface area contributed by atoms with E-state index in [2.05, 4.69) is 12.2 Å². The molecule has 0 aliphatic carbocycles. The van der Waals surface area contributed by atoms with E-state index in [1.54, 1.807) is 17.0 Å². The van der Waals surface area contributed by atoms with Crippen LogP contribution >= 0.6 is 0 Å². The molecule has 2 aliphatic rings. The third-order valence-electron chi connectivity index (χ3n) is 5.68. The first-order chi connectivity index (χ1) is 12.5. The quantitative estimate of drug-likeness (QED) is 0.894. The molecule has 0 saturated carbocycles. The summed E-state index contributed by atoms with van der Waals surface area (Å²) in [5.41, 5.74) is 0.365. The van der Waals surface area contributed by atoms with Gasteiger partial charge in [-0.15, -0.1) is 0 Å². The largest absolute Gasteiger partial charge is 0.339 e. The van der Waals surface area contributed by atoms with Gasteiger partial charge in [-0.05, 0) is 56.0 Å². The van der Waals surface area contributed by atoms with Gasteiger partial charge in [0.25, 0.3) is 5.91 Å². The molecule has 1 aromatic carbocycles. The van der Waals surface area contributed by atoms with Gasteiger partial charge in [0.1, 0.15) is 5.82 Å². The van der Waals surface area contributed by atoms with Crippen LogP contribution in [0.5, 0.6) is 0 Å². The summed E-state index contributed by atoms with van der Waals surface area (Å²) in [5, 5.41) is 3.36. The fourth-order valence-corrected chi connectivity index (χ4v) is 3.95. The zero-order valence-electron chi connectivity index (χ0n) is 15.4. The molecule has 6 heteroatoms. The molecule has 2 amide bonds. The highest BCUT2D eigenvalue weighted by Gasteiger charge is 2.28. The summed E-state index contributed by atoms with van der Waals surface area (Å²) in [5.74, 6) is 0.637. The van der Waals surface area contributed by atoms with Crippen LogP contribution in [0.4, 0.5) is 4.39 Å². The van der Waals surface area contributed by atoms with Gasteiger partial charge in [0.15, 0.2) is 0 Å². The van der Waals surface area contributed by atoms with Crippen molar-refractivity contribution in [2.75, 3.05) is 39.3 Å². The number of benzene rings is 1. The van der Waals surface area contributed by atoms with E-state index in [9.17, 15) is 14.0 Å². The molecule has 0 radical (unpaired) electrons. The molecule has 1 atom stereocenters.